The third kappa shape index (κ3) is 5.90. The first-order chi connectivity index (χ1) is 33.9. The lowest BCUT2D eigenvalue weighted by Gasteiger charge is -2.43. The van der Waals surface area contributed by atoms with Gasteiger partial charge in [-0.3, -0.25) is 0 Å². The smallest absolute Gasteiger partial charge is 0.333 e. The molecule has 0 fully saturated rings. The number of rotatable bonds is 6. The topological polar surface area (TPSA) is 16.3 Å². The summed E-state index contributed by atoms with van der Waals surface area (Å²) >= 11 is 0. The molecule has 69 heavy (non-hydrogen) atoms. The summed E-state index contributed by atoms with van der Waals surface area (Å²) in [5, 5.41) is 4.98. The number of hydrogen-bond donors (Lipinski definition) is 0. The van der Waals surface area contributed by atoms with E-state index in [1.165, 1.54) is 99.4 Å². The van der Waals surface area contributed by atoms with Gasteiger partial charge in [-0.25, -0.2) is 0 Å². The number of aromatic nitrogens is 2. The Morgan fingerprint density at radius 2 is 0.986 bits per heavy atom. The molecule has 0 bridgehead atoms. The van der Waals surface area contributed by atoms with E-state index in [9.17, 15) is 0 Å². The summed E-state index contributed by atoms with van der Waals surface area (Å²) in [4.78, 5) is 5.14. The molecule has 0 radical (unpaired) electrons. The lowest BCUT2D eigenvalue weighted by atomic mass is 9.44. The Bertz CT molecular complexity index is 3960. The third-order valence-electron chi connectivity index (χ3n) is 14.8. The van der Waals surface area contributed by atoms with E-state index in [0.29, 0.717) is 0 Å². The number of nitrogens with zero attached hydrogens (tertiary/aromatic N) is 4. The van der Waals surface area contributed by atoms with Gasteiger partial charge in [0.2, 0.25) is 0 Å². The zero-order chi connectivity index (χ0) is 46.0. The van der Waals surface area contributed by atoms with Crippen LogP contribution in [0.15, 0.2) is 231 Å². The van der Waals surface area contributed by atoms with Gasteiger partial charge in [0.05, 0.1) is 22.1 Å². The van der Waals surface area contributed by atoms with E-state index in [0.717, 1.165) is 22.7 Å². The Balaban J connectivity index is 1.18. The molecule has 0 amide bonds. The molecule has 0 N–H and O–H groups in total. The van der Waals surface area contributed by atoms with Gasteiger partial charge in [-0.15, -0.1) is 0 Å². The maximum absolute atomic E-state index is 2.71. The second kappa shape index (κ2) is 15.0. The Morgan fingerprint density at radius 1 is 0.391 bits per heavy atom. The summed E-state index contributed by atoms with van der Waals surface area (Å²) < 4.78 is 5.04. The van der Waals surface area contributed by atoms with E-state index in [1.807, 2.05) is 0 Å². The minimum Gasteiger partial charge on any atom is -0.376 e. The van der Waals surface area contributed by atoms with E-state index in [1.54, 1.807) is 0 Å². The maximum atomic E-state index is 2.71. The molecule has 14 rings (SSSR count). The van der Waals surface area contributed by atoms with E-state index in [4.69, 9.17) is 0 Å². The Kier molecular flexibility index (Phi) is 8.60. The SMILES string of the molecule is CC(C)(C)c1ccc(N2B3c4c(cc(N(c5ccccc5)c5ccccc5)cc4-n4c5ccccc5c5cccc3c54)-c3cc4c(cc32)c2ccccc2n4-c2ccccc2)c(-c2ccccc2)c1. The average Bonchev–Trinajstić information content (AvgIpc) is 3.91. The molecule has 2 aliphatic heterocycles. The van der Waals surface area contributed by atoms with Crippen LogP contribution in [0.3, 0.4) is 0 Å². The van der Waals surface area contributed by atoms with Crippen molar-refractivity contribution >= 4 is 89.8 Å². The summed E-state index contributed by atoms with van der Waals surface area (Å²) in [6.07, 6.45) is 0. The minimum absolute atomic E-state index is 0.0514. The van der Waals surface area contributed by atoms with Crippen molar-refractivity contribution in [1.29, 1.82) is 0 Å². The van der Waals surface area contributed by atoms with Crippen molar-refractivity contribution in [3.05, 3.63) is 236 Å². The molecule has 0 saturated carbocycles. The normalized spacial score (nSPS) is 12.8. The number of benzene rings is 10. The second-order valence-electron chi connectivity index (χ2n) is 19.7. The molecule has 0 unspecified atom stereocenters. The van der Waals surface area contributed by atoms with Crippen molar-refractivity contribution in [3.63, 3.8) is 0 Å². The van der Waals surface area contributed by atoms with Gasteiger partial charge in [0.25, 0.3) is 0 Å². The van der Waals surface area contributed by atoms with E-state index >= 15 is 0 Å². The zero-order valence-electron chi connectivity index (χ0n) is 38.8. The second-order valence-corrected chi connectivity index (χ2v) is 19.7. The third-order valence-corrected chi connectivity index (χ3v) is 14.8. The molecular formula is C64H47BN4. The molecule has 0 spiro atoms. The first kappa shape index (κ1) is 39.6. The Labute approximate surface area is 402 Å². The number of hydrogen-bond acceptors (Lipinski definition) is 2. The van der Waals surface area contributed by atoms with Gasteiger partial charge in [0, 0.05) is 72.5 Å². The lowest BCUT2D eigenvalue weighted by molar-refractivity contribution is 0.590. The largest absolute Gasteiger partial charge is 0.376 e. The highest BCUT2D eigenvalue weighted by atomic mass is 15.2. The van der Waals surface area contributed by atoms with Crippen LogP contribution >= 0.6 is 0 Å². The Hall–Kier alpha value is -8.54. The van der Waals surface area contributed by atoms with Gasteiger partial charge in [-0.05, 0) is 118 Å². The van der Waals surface area contributed by atoms with Gasteiger partial charge in [-0.1, -0.05) is 166 Å². The highest BCUT2D eigenvalue weighted by Gasteiger charge is 2.45. The molecule has 12 aromatic rings. The van der Waals surface area contributed by atoms with Crippen LogP contribution in [-0.2, 0) is 5.41 Å². The number of para-hydroxylation sites is 6. The van der Waals surface area contributed by atoms with Gasteiger partial charge < -0.3 is 18.8 Å². The Morgan fingerprint density at radius 3 is 1.67 bits per heavy atom. The quantitative estimate of drug-likeness (QED) is 0.155. The molecule has 4 heterocycles. The van der Waals surface area contributed by atoms with Crippen LogP contribution in [-0.4, -0.2) is 16.0 Å². The van der Waals surface area contributed by atoms with Crippen molar-refractivity contribution in [2.24, 2.45) is 0 Å². The fourth-order valence-corrected chi connectivity index (χ4v) is 11.7. The van der Waals surface area contributed by atoms with Gasteiger partial charge >= 0.3 is 6.85 Å². The highest BCUT2D eigenvalue weighted by molar-refractivity contribution is 6.93. The number of fused-ring (bicyclic) bond motifs is 10. The molecule has 2 aromatic heterocycles. The fraction of sp³-hybridized carbons (Fsp3) is 0.0625. The summed E-state index contributed by atoms with van der Waals surface area (Å²) in [6.45, 7) is 6.80. The maximum Gasteiger partial charge on any atom is 0.333 e. The predicted octanol–water partition coefficient (Wildman–Crippen LogP) is 15.6. The monoisotopic (exact) mass is 882 g/mol. The first-order valence-corrected chi connectivity index (χ1v) is 24.1. The summed E-state index contributed by atoms with van der Waals surface area (Å²) in [7, 11) is 0. The van der Waals surface area contributed by atoms with Crippen molar-refractivity contribution in [2.75, 3.05) is 9.71 Å². The van der Waals surface area contributed by atoms with Crippen molar-refractivity contribution in [3.8, 4) is 33.6 Å². The van der Waals surface area contributed by atoms with Crippen LogP contribution in [0.2, 0.25) is 0 Å². The molecule has 0 atom stereocenters. The molecule has 5 heteroatoms. The summed E-state index contributed by atoms with van der Waals surface area (Å²) in [5.41, 5.74) is 21.6. The molecular weight excluding hydrogens is 836 g/mol. The van der Waals surface area contributed by atoms with Crippen LogP contribution in [0, 0.1) is 0 Å². The lowest BCUT2D eigenvalue weighted by Crippen LogP contribution is -2.60. The van der Waals surface area contributed by atoms with Crippen LogP contribution in [0.1, 0.15) is 26.3 Å². The molecule has 326 valence electrons. The predicted molar refractivity (Wildman–Crippen MR) is 293 cm³/mol. The summed E-state index contributed by atoms with van der Waals surface area (Å²) in [5.74, 6) is 0. The molecule has 10 aromatic carbocycles. The minimum atomic E-state index is -0.165. The highest BCUT2D eigenvalue weighted by Crippen LogP contribution is 2.51. The molecule has 0 aliphatic carbocycles. The zero-order valence-corrected chi connectivity index (χ0v) is 38.8. The molecule has 2 aliphatic rings. The van der Waals surface area contributed by atoms with E-state index in [-0.39, 0.29) is 12.3 Å². The average molecular weight is 883 g/mol. The van der Waals surface area contributed by atoms with Gasteiger partial charge in [0.15, 0.2) is 0 Å². The van der Waals surface area contributed by atoms with E-state index in [2.05, 4.69) is 270 Å². The van der Waals surface area contributed by atoms with Crippen molar-refractivity contribution in [2.45, 2.75) is 26.2 Å². The van der Waals surface area contributed by atoms with Crippen LogP contribution in [0.5, 0.6) is 0 Å². The van der Waals surface area contributed by atoms with Crippen LogP contribution in [0.25, 0.3) is 77.2 Å². The van der Waals surface area contributed by atoms with Gasteiger partial charge in [0.1, 0.15) is 0 Å². The standard InChI is InChI=1S/C64H47BN4/c1-64(2,3)43-35-36-58(51(37-43)42-21-8-4-9-22-42)69-60-41-52-49-30-17-18-33-56(49)67(46-27-14-7-15-28-46)59(52)40-53(60)54-38-47(66(44-23-10-5-11-24-44)45-25-12-6-13-26-45)39-61-62(54)65(69)55-32-20-31-50-48-29-16-19-34-57(48)68(61)63(50)55/h4-41H,1-3H3. The van der Waals surface area contributed by atoms with Gasteiger partial charge in [-0.2, -0.15) is 0 Å². The van der Waals surface area contributed by atoms with Crippen LogP contribution in [0.4, 0.5) is 28.4 Å². The van der Waals surface area contributed by atoms with E-state index < -0.39 is 0 Å². The first-order valence-electron chi connectivity index (χ1n) is 24.1. The van der Waals surface area contributed by atoms with Crippen LogP contribution < -0.4 is 20.6 Å². The number of anilines is 5. The van der Waals surface area contributed by atoms with Crippen molar-refractivity contribution < 1.29 is 0 Å². The fourth-order valence-electron chi connectivity index (χ4n) is 11.7. The molecule has 4 nitrogen and oxygen atoms in total. The van der Waals surface area contributed by atoms with Crippen molar-refractivity contribution in [1.82, 2.24) is 9.13 Å². The summed E-state index contributed by atoms with van der Waals surface area (Å²) in [6, 6.07) is 85.7. The molecule has 0 saturated heterocycles.